The van der Waals surface area contributed by atoms with Gasteiger partial charge in [0.25, 0.3) is 5.69 Å². The first-order valence-electron chi connectivity index (χ1n) is 10.8. The lowest BCUT2D eigenvalue weighted by Crippen LogP contribution is -2.17. The van der Waals surface area contributed by atoms with Gasteiger partial charge in [-0.25, -0.2) is 4.79 Å². The highest BCUT2D eigenvalue weighted by molar-refractivity contribution is 6.00. The van der Waals surface area contributed by atoms with Crippen LogP contribution >= 0.6 is 0 Å². The predicted molar refractivity (Wildman–Crippen MR) is 126 cm³/mol. The number of rotatable bonds is 4. The lowest BCUT2D eigenvalue weighted by atomic mass is 9.99. The Labute approximate surface area is 196 Å². The van der Waals surface area contributed by atoms with E-state index in [2.05, 4.69) is 5.16 Å². The fourth-order valence-corrected chi connectivity index (χ4v) is 3.37. The van der Waals surface area contributed by atoms with Gasteiger partial charge in [0.1, 0.15) is 29.8 Å². The van der Waals surface area contributed by atoms with E-state index in [-0.39, 0.29) is 41.9 Å². The smallest absolute Gasteiger partial charge is 0.342 e. The van der Waals surface area contributed by atoms with E-state index in [1.165, 1.54) is 18.2 Å². The van der Waals surface area contributed by atoms with Crippen LogP contribution < -0.4 is 0 Å². The summed E-state index contributed by atoms with van der Waals surface area (Å²) in [5.41, 5.74) is 1.43. The molecule has 0 saturated heterocycles. The van der Waals surface area contributed by atoms with Crippen LogP contribution in [0.5, 0.6) is 11.5 Å². The maximum atomic E-state index is 12.8. The molecule has 0 bridgehead atoms. The molecule has 0 amide bonds. The molecule has 0 radical (unpaired) electrons. The largest absolute Gasteiger partial charge is 0.508 e. The quantitative estimate of drug-likeness (QED) is 0.282. The van der Waals surface area contributed by atoms with Crippen molar-refractivity contribution in [2.45, 2.75) is 45.3 Å². The van der Waals surface area contributed by atoms with E-state index in [0.717, 1.165) is 18.9 Å². The van der Waals surface area contributed by atoms with Crippen molar-refractivity contribution in [1.29, 1.82) is 0 Å². The Hall–Kier alpha value is -4.14. The minimum absolute atomic E-state index is 0.0180. The lowest BCUT2D eigenvalue weighted by Gasteiger charge is -2.16. The summed E-state index contributed by atoms with van der Waals surface area (Å²) in [4.78, 5) is 28.5. The molecular formula is C25H26N2O7. The van der Waals surface area contributed by atoms with Crippen LogP contribution in [0.4, 0.5) is 5.69 Å². The maximum Gasteiger partial charge on any atom is 0.342 e. The van der Waals surface area contributed by atoms with Crippen molar-refractivity contribution in [3.63, 3.8) is 0 Å². The van der Waals surface area contributed by atoms with Crippen molar-refractivity contribution < 1.29 is 29.5 Å². The first-order chi connectivity index (χ1) is 16.3. The molecule has 1 aliphatic rings. The molecule has 2 N–H and O–H groups in total. The molecule has 9 nitrogen and oxygen atoms in total. The number of aromatic hydroxyl groups is 2. The van der Waals surface area contributed by atoms with Crippen LogP contribution in [0.1, 0.15) is 47.7 Å². The number of non-ortho nitro benzene ring substituents is 1. The van der Waals surface area contributed by atoms with Crippen molar-refractivity contribution in [2.24, 2.45) is 5.16 Å². The summed E-state index contributed by atoms with van der Waals surface area (Å²) in [6, 6.07) is 8.40. The summed E-state index contributed by atoms with van der Waals surface area (Å²) in [6.07, 6.45) is 9.43. The zero-order valence-electron chi connectivity index (χ0n) is 18.7. The van der Waals surface area contributed by atoms with Gasteiger partial charge in [-0.2, -0.15) is 0 Å². The lowest BCUT2D eigenvalue weighted by molar-refractivity contribution is -0.384. The summed E-state index contributed by atoms with van der Waals surface area (Å²) >= 11 is 0. The van der Waals surface area contributed by atoms with Gasteiger partial charge in [0, 0.05) is 31.0 Å². The molecule has 0 aromatic heterocycles. The summed E-state index contributed by atoms with van der Waals surface area (Å²) in [5.74, 6) is -1.28. The molecule has 1 heterocycles. The van der Waals surface area contributed by atoms with Gasteiger partial charge in [0.05, 0.1) is 10.6 Å². The molecule has 178 valence electrons. The number of hydrogen-bond acceptors (Lipinski definition) is 8. The predicted octanol–water partition coefficient (Wildman–Crippen LogP) is 4.96. The number of ether oxygens (including phenoxy) is 1. The van der Waals surface area contributed by atoms with Gasteiger partial charge in [0.2, 0.25) is 0 Å². The van der Waals surface area contributed by atoms with Gasteiger partial charge in [-0.3, -0.25) is 10.1 Å². The Morgan fingerprint density at radius 1 is 1.15 bits per heavy atom. The molecule has 1 atom stereocenters. The molecule has 3 rings (SSSR count). The topological polar surface area (TPSA) is 131 Å². The number of allylic oxidation sites excluding steroid dienone is 3. The van der Waals surface area contributed by atoms with Gasteiger partial charge < -0.3 is 19.8 Å². The number of fused-ring (bicyclic) bond motifs is 1. The van der Waals surface area contributed by atoms with E-state index >= 15 is 0 Å². The fraction of sp³-hybridized carbons (Fsp3) is 0.280. The Bertz CT molecular complexity index is 1120. The van der Waals surface area contributed by atoms with Gasteiger partial charge in [0.15, 0.2) is 0 Å². The van der Waals surface area contributed by atoms with E-state index in [1.807, 2.05) is 18.2 Å². The molecule has 2 aromatic rings. The average Bonchev–Trinajstić information content (AvgIpc) is 2.77. The standard InChI is InChI=1S/C25H26N2O7/c1-17-7-5-3-2-4-6-8-20(26-33-16-18-9-11-21(12-10-18)27(31)32)13-19-14-22(28)15-23(29)24(19)25(30)34-17/h3,5-6,8-12,14-15,17,28-29H,2,4,7,13,16H2,1H3/b5-3+,8-6+,26-20?. The van der Waals surface area contributed by atoms with Crippen LogP contribution in [0, 0.1) is 10.1 Å². The highest BCUT2D eigenvalue weighted by atomic mass is 16.6. The summed E-state index contributed by atoms with van der Waals surface area (Å²) in [7, 11) is 0. The number of phenolic OH excluding ortho intramolecular Hbond substituents is 2. The van der Waals surface area contributed by atoms with E-state index in [4.69, 9.17) is 9.57 Å². The number of carbonyl (C=O) groups excluding carboxylic acids is 1. The van der Waals surface area contributed by atoms with Crippen LogP contribution in [-0.2, 0) is 22.6 Å². The third kappa shape index (κ3) is 6.93. The van der Waals surface area contributed by atoms with Gasteiger partial charge in [-0.05, 0) is 55.2 Å². The normalized spacial score (nSPS) is 20.0. The molecule has 0 aliphatic carbocycles. The number of carbonyl (C=O) groups is 1. The number of esters is 1. The van der Waals surface area contributed by atoms with Gasteiger partial charge in [-0.15, -0.1) is 0 Å². The molecule has 2 aromatic carbocycles. The van der Waals surface area contributed by atoms with Crippen molar-refractivity contribution >= 4 is 17.4 Å². The van der Waals surface area contributed by atoms with Crippen molar-refractivity contribution in [3.8, 4) is 11.5 Å². The second kappa shape index (κ2) is 11.6. The van der Waals surface area contributed by atoms with Crippen LogP contribution in [0.2, 0.25) is 0 Å². The molecular weight excluding hydrogens is 440 g/mol. The van der Waals surface area contributed by atoms with Crippen LogP contribution in [0.25, 0.3) is 0 Å². The first-order valence-corrected chi connectivity index (χ1v) is 10.8. The zero-order chi connectivity index (χ0) is 24.5. The van der Waals surface area contributed by atoms with Crippen molar-refractivity contribution in [1.82, 2.24) is 0 Å². The third-order valence-electron chi connectivity index (χ3n) is 5.07. The molecule has 1 aliphatic heterocycles. The van der Waals surface area contributed by atoms with E-state index in [1.54, 1.807) is 25.1 Å². The monoisotopic (exact) mass is 466 g/mol. The maximum absolute atomic E-state index is 12.8. The number of oxime groups is 1. The summed E-state index contributed by atoms with van der Waals surface area (Å²) in [6.45, 7) is 1.85. The zero-order valence-corrected chi connectivity index (χ0v) is 18.7. The molecule has 0 saturated carbocycles. The Morgan fingerprint density at radius 3 is 2.62 bits per heavy atom. The number of cyclic esters (lactones) is 1. The Morgan fingerprint density at radius 2 is 1.88 bits per heavy atom. The molecule has 1 unspecified atom stereocenters. The Kier molecular flexibility index (Phi) is 8.39. The number of phenols is 2. The molecule has 0 spiro atoms. The third-order valence-corrected chi connectivity index (χ3v) is 5.07. The number of hydrogen-bond donors (Lipinski definition) is 2. The van der Waals surface area contributed by atoms with Gasteiger partial charge >= 0.3 is 5.97 Å². The second-order valence-corrected chi connectivity index (χ2v) is 7.86. The number of benzene rings is 2. The Balaban J connectivity index is 1.87. The fourth-order valence-electron chi connectivity index (χ4n) is 3.37. The van der Waals surface area contributed by atoms with E-state index in [9.17, 15) is 25.1 Å². The molecule has 0 fully saturated rings. The SMILES string of the molecule is CC1C/C=C/CC/C=C/C(=NOCc2ccc([N+](=O)[O-])cc2)Cc2cc(O)cc(O)c2C(=O)O1. The molecule has 9 heteroatoms. The van der Waals surface area contributed by atoms with Crippen LogP contribution in [0.15, 0.2) is 65.9 Å². The van der Waals surface area contributed by atoms with Crippen LogP contribution in [-0.4, -0.2) is 32.9 Å². The summed E-state index contributed by atoms with van der Waals surface area (Å²) < 4.78 is 5.47. The minimum atomic E-state index is -0.694. The van der Waals surface area contributed by atoms with Crippen molar-refractivity contribution in [3.05, 3.63) is 87.5 Å². The summed E-state index contributed by atoms with van der Waals surface area (Å²) in [5, 5.41) is 35.3. The highest BCUT2D eigenvalue weighted by Crippen LogP contribution is 2.29. The number of nitro groups is 1. The van der Waals surface area contributed by atoms with Crippen molar-refractivity contribution in [2.75, 3.05) is 0 Å². The van der Waals surface area contributed by atoms with E-state index in [0.29, 0.717) is 23.3 Å². The number of nitro benzene ring substituents is 1. The second-order valence-electron chi connectivity index (χ2n) is 7.86. The average molecular weight is 466 g/mol. The highest BCUT2D eigenvalue weighted by Gasteiger charge is 2.22. The van der Waals surface area contributed by atoms with Crippen LogP contribution in [0.3, 0.4) is 0 Å². The van der Waals surface area contributed by atoms with E-state index < -0.39 is 10.9 Å². The van der Waals surface area contributed by atoms with Gasteiger partial charge in [-0.1, -0.05) is 23.4 Å². The minimum Gasteiger partial charge on any atom is -0.508 e. The molecule has 34 heavy (non-hydrogen) atoms. The number of nitrogens with zero attached hydrogens (tertiary/aromatic N) is 2. The first kappa shape index (κ1) is 24.5.